The summed E-state index contributed by atoms with van der Waals surface area (Å²) in [6.45, 7) is 0. The highest BCUT2D eigenvalue weighted by atomic mass is 32.2. The Labute approximate surface area is 154 Å². The van der Waals surface area contributed by atoms with Crippen LogP contribution < -0.4 is 0 Å². The second kappa shape index (κ2) is 7.09. The Balaban J connectivity index is 1.55. The summed E-state index contributed by atoms with van der Waals surface area (Å²) in [6.07, 6.45) is 6.68. The molecule has 0 saturated heterocycles. The number of hydrogen-bond donors (Lipinski definition) is 2. The molecule has 1 atom stereocenters. The van der Waals surface area contributed by atoms with E-state index in [1.165, 1.54) is 19.3 Å². The van der Waals surface area contributed by atoms with Crippen LogP contribution in [0.5, 0.6) is 0 Å². The second-order valence-corrected chi connectivity index (χ2v) is 7.83. The standard InChI is InChI=1S/C19H19N3O3S/c23-17(11-26-16-2-1-3-16)13-8-14-10-21-22(18(14)20-9-13)15-6-4-12(5-7-15)19(24)25/h4-10,16-17,23H,1-3,11H2,(H,24,25)/t17-/m0/s1. The number of fused-ring (bicyclic) bond motifs is 1. The highest BCUT2D eigenvalue weighted by molar-refractivity contribution is 7.99. The van der Waals surface area contributed by atoms with Crippen LogP contribution in [0, 0.1) is 0 Å². The van der Waals surface area contributed by atoms with E-state index in [1.54, 1.807) is 41.3 Å². The van der Waals surface area contributed by atoms with Crippen LogP contribution in [0.1, 0.15) is 41.3 Å². The number of carboxylic acids is 1. The minimum absolute atomic E-state index is 0.229. The van der Waals surface area contributed by atoms with Gasteiger partial charge in [0, 0.05) is 28.1 Å². The molecule has 0 spiro atoms. The van der Waals surface area contributed by atoms with E-state index in [0.29, 0.717) is 16.6 Å². The van der Waals surface area contributed by atoms with E-state index in [9.17, 15) is 9.90 Å². The molecule has 0 bridgehead atoms. The van der Waals surface area contributed by atoms with Gasteiger partial charge >= 0.3 is 5.97 Å². The van der Waals surface area contributed by atoms with Crippen LogP contribution in [-0.4, -0.2) is 41.9 Å². The number of aromatic nitrogens is 3. The van der Waals surface area contributed by atoms with Crippen LogP contribution in [0.25, 0.3) is 16.7 Å². The topological polar surface area (TPSA) is 88.2 Å². The molecule has 0 aliphatic heterocycles. The summed E-state index contributed by atoms with van der Waals surface area (Å²) in [4.78, 5) is 15.4. The van der Waals surface area contributed by atoms with Gasteiger partial charge in [-0.15, -0.1) is 0 Å². The lowest BCUT2D eigenvalue weighted by Crippen LogP contribution is -2.15. The van der Waals surface area contributed by atoms with Crippen molar-refractivity contribution >= 4 is 28.8 Å². The summed E-state index contributed by atoms with van der Waals surface area (Å²) in [6, 6.07) is 8.41. The van der Waals surface area contributed by atoms with Gasteiger partial charge in [0.15, 0.2) is 5.65 Å². The van der Waals surface area contributed by atoms with Gasteiger partial charge in [0.25, 0.3) is 0 Å². The Hall–Kier alpha value is -2.38. The van der Waals surface area contributed by atoms with Gasteiger partial charge in [0.05, 0.1) is 23.6 Å². The van der Waals surface area contributed by atoms with Gasteiger partial charge in [0.2, 0.25) is 0 Å². The maximum Gasteiger partial charge on any atom is 0.335 e. The van der Waals surface area contributed by atoms with Crippen molar-refractivity contribution in [3.05, 3.63) is 53.9 Å². The summed E-state index contributed by atoms with van der Waals surface area (Å²) in [5.74, 6) is -0.277. The molecule has 2 N–H and O–H groups in total. The molecule has 3 aromatic rings. The Kier molecular flexibility index (Phi) is 4.65. The molecule has 1 fully saturated rings. The first-order chi connectivity index (χ1) is 12.6. The van der Waals surface area contributed by atoms with Crippen molar-refractivity contribution < 1.29 is 15.0 Å². The summed E-state index contributed by atoms with van der Waals surface area (Å²) >= 11 is 1.83. The van der Waals surface area contributed by atoms with Crippen molar-refractivity contribution in [2.75, 3.05) is 5.75 Å². The predicted molar refractivity (Wildman–Crippen MR) is 101 cm³/mol. The lowest BCUT2D eigenvalue weighted by molar-refractivity contribution is 0.0697. The molecule has 0 unspecified atom stereocenters. The summed E-state index contributed by atoms with van der Waals surface area (Å²) in [5.41, 5.74) is 2.44. The molecule has 134 valence electrons. The van der Waals surface area contributed by atoms with E-state index in [4.69, 9.17) is 5.11 Å². The fraction of sp³-hybridized carbons (Fsp3) is 0.316. The Bertz CT molecular complexity index is 935. The molecule has 2 aromatic heterocycles. The van der Waals surface area contributed by atoms with Crippen molar-refractivity contribution in [1.29, 1.82) is 0 Å². The van der Waals surface area contributed by atoms with E-state index in [-0.39, 0.29) is 5.56 Å². The molecule has 2 heterocycles. The van der Waals surface area contributed by atoms with E-state index in [1.807, 2.05) is 17.8 Å². The lowest BCUT2D eigenvalue weighted by atomic mass is 10.00. The first-order valence-electron chi connectivity index (χ1n) is 8.59. The van der Waals surface area contributed by atoms with Gasteiger partial charge in [-0.3, -0.25) is 0 Å². The number of aromatic carboxylic acids is 1. The van der Waals surface area contributed by atoms with Crippen molar-refractivity contribution in [2.45, 2.75) is 30.6 Å². The van der Waals surface area contributed by atoms with Crippen molar-refractivity contribution in [2.24, 2.45) is 0 Å². The molecular weight excluding hydrogens is 350 g/mol. The third-order valence-corrected chi connectivity index (χ3v) is 6.17. The fourth-order valence-electron chi connectivity index (χ4n) is 2.92. The molecule has 1 aliphatic rings. The van der Waals surface area contributed by atoms with Gasteiger partial charge in [0.1, 0.15) is 0 Å². The lowest BCUT2D eigenvalue weighted by Gasteiger charge is -2.25. The fourth-order valence-corrected chi connectivity index (χ4v) is 4.23. The van der Waals surface area contributed by atoms with Gasteiger partial charge < -0.3 is 10.2 Å². The highest BCUT2D eigenvalue weighted by Gasteiger charge is 2.20. The number of thioether (sulfide) groups is 1. The molecule has 26 heavy (non-hydrogen) atoms. The number of nitrogens with zero attached hydrogens (tertiary/aromatic N) is 3. The highest BCUT2D eigenvalue weighted by Crippen LogP contribution is 2.33. The van der Waals surface area contributed by atoms with Crippen LogP contribution in [-0.2, 0) is 0 Å². The molecule has 1 saturated carbocycles. The van der Waals surface area contributed by atoms with Crippen LogP contribution in [0.15, 0.2) is 42.7 Å². The molecule has 1 aliphatic carbocycles. The van der Waals surface area contributed by atoms with Gasteiger partial charge in [-0.1, -0.05) is 6.42 Å². The Morgan fingerprint density at radius 1 is 1.27 bits per heavy atom. The number of aliphatic hydroxyl groups excluding tert-OH is 1. The van der Waals surface area contributed by atoms with E-state index < -0.39 is 12.1 Å². The smallest absolute Gasteiger partial charge is 0.335 e. The Morgan fingerprint density at radius 2 is 2.04 bits per heavy atom. The van der Waals surface area contributed by atoms with Crippen LogP contribution in [0.2, 0.25) is 0 Å². The number of hydrogen-bond acceptors (Lipinski definition) is 5. The molecule has 0 amide bonds. The number of benzene rings is 1. The monoisotopic (exact) mass is 369 g/mol. The first kappa shape index (κ1) is 17.1. The third-order valence-electron chi connectivity index (χ3n) is 4.71. The zero-order valence-electron chi connectivity index (χ0n) is 14.1. The number of carbonyl (C=O) groups is 1. The van der Waals surface area contributed by atoms with Crippen molar-refractivity contribution in [3.63, 3.8) is 0 Å². The van der Waals surface area contributed by atoms with Crippen molar-refractivity contribution in [1.82, 2.24) is 14.8 Å². The average molecular weight is 369 g/mol. The summed E-state index contributed by atoms with van der Waals surface area (Å²) in [5, 5.41) is 25.3. The SMILES string of the molecule is O=C(O)c1ccc(-n2ncc3cc([C@@H](O)CSC4CCC4)cnc32)cc1. The maximum absolute atomic E-state index is 11.0. The number of pyridine rings is 1. The maximum atomic E-state index is 11.0. The summed E-state index contributed by atoms with van der Waals surface area (Å²) in [7, 11) is 0. The van der Waals surface area contributed by atoms with E-state index in [0.717, 1.165) is 16.6 Å². The second-order valence-electron chi connectivity index (χ2n) is 6.49. The predicted octanol–water partition coefficient (Wildman–Crippen LogP) is 3.44. The van der Waals surface area contributed by atoms with Gasteiger partial charge in [-0.05, 0) is 43.2 Å². The molecule has 0 radical (unpaired) electrons. The first-order valence-corrected chi connectivity index (χ1v) is 9.64. The number of rotatable bonds is 6. The number of carboxylic acid groups (broad SMARTS) is 1. The zero-order valence-corrected chi connectivity index (χ0v) is 14.9. The van der Waals surface area contributed by atoms with E-state index >= 15 is 0 Å². The molecule has 4 rings (SSSR count). The molecule has 6 nitrogen and oxygen atoms in total. The third kappa shape index (κ3) is 3.32. The van der Waals surface area contributed by atoms with Crippen LogP contribution in [0.4, 0.5) is 0 Å². The van der Waals surface area contributed by atoms with E-state index in [2.05, 4.69) is 10.1 Å². The van der Waals surface area contributed by atoms with Crippen molar-refractivity contribution in [3.8, 4) is 5.69 Å². The average Bonchev–Trinajstić information content (AvgIpc) is 3.03. The summed E-state index contributed by atoms with van der Waals surface area (Å²) < 4.78 is 1.67. The zero-order chi connectivity index (χ0) is 18.1. The van der Waals surface area contributed by atoms with Gasteiger partial charge in [-0.2, -0.15) is 16.9 Å². The van der Waals surface area contributed by atoms with Crippen LogP contribution in [0.3, 0.4) is 0 Å². The van der Waals surface area contributed by atoms with Gasteiger partial charge in [-0.25, -0.2) is 14.5 Å². The van der Waals surface area contributed by atoms with Crippen LogP contribution >= 0.6 is 11.8 Å². The Morgan fingerprint density at radius 3 is 2.69 bits per heavy atom. The minimum atomic E-state index is -0.960. The molecule has 7 heteroatoms. The largest absolute Gasteiger partial charge is 0.478 e. The molecular formula is C19H19N3O3S. The minimum Gasteiger partial charge on any atom is -0.478 e. The quantitative estimate of drug-likeness (QED) is 0.692. The normalized spacial score (nSPS) is 15.7. The molecule has 1 aromatic carbocycles. The number of aliphatic hydroxyl groups is 1.